The summed E-state index contributed by atoms with van der Waals surface area (Å²) in [5.41, 5.74) is 7.46. The molecule has 3 aromatic heterocycles. The topological polar surface area (TPSA) is 43.2 Å². The van der Waals surface area contributed by atoms with Gasteiger partial charge in [0.05, 0.1) is 22.4 Å². The van der Waals surface area contributed by atoms with Crippen LogP contribution in [0.5, 0.6) is 11.5 Å². The first-order valence-electron chi connectivity index (χ1n) is 19.6. The summed E-state index contributed by atoms with van der Waals surface area (Å²) in [7, 11) is -3.01. The summed E-state index contributed by atoms with van der Waals surface area (Å²) in [6.07, 6.45) is 3.74. The van der Waals surface area contributed by atoms with Crippen LogP contribution >= 0.6 is 0 Å². The molecule has 1 aliphatic rings. The number of ether oxygens (including phenoxy) is 1. The van der Waals surface area contributed by atoms with Crippen LogP contribution in [0.3, 0.4) is 0 Å². The van der Waals surface area contributed by atoms with Crippen molar-refractivity contribution in [1.82, 2.24) is 14.5 Å². The van der Waals surface area contributed by atoms with Crippen LogP contribution in [-0.4, -0.2) is 22.6 Å². The van der Waals surface area contributed by atoms with E-state index in [4.69, 9.17) is 9.72 Å². The monoisotopic (exact) mass is 760 g/mol. The van der Waals surface area contributed by atoms with Gasteiger partial charge in [-0.3, -0.25) is 9.88 Å². The second kappa shape index (κ2) is 13.9. The van der Waals surface area contributed by atoms with Gasteiger partial charge in [0.15, 0.2) is 8.07 Å². The number of hydrogen-bond acceptors (Lipinski definition) is 4. The van der Waals surface area contributed by atoms with Crippen molar-refractivity contribution < 1.29 is 4.74 Å². The lowest BCUT2D eigenvalue weighted by Crippen LogP contribution is -2.77. The SMILES string of the molecule is c1ccc(-n2c3ccccc3c3cc4c(cc32)[Si](c2ccccc2)(c2ccccc2)c2cccnc2N4c2cccc(Oc3cccc(-c4ccccn4)c3)c2)cc1. The molecular formula is C52H36N4OSi. The Bertz CT molecular complexity index is 3060. The Morgan fingerprint density at radius 1 is 0.431 bits per heavy atom. The number of anilines is 3. The molecule has 10 aromatic rings. The van der Waals surface area contributed by atoms with Crippen molar-refractivity contribution in [2.24, 2.45) is 0 Å². The van der Waals surface area contributed by atoms with Crippen molar-refractivity contribution in [2.45, 2.75) is 0 Å². The molecule has 11 rings (SSSR count). The summed E-state index contributed by atoms with van der Waals surface area (Å²) in [5, 5.41) is 7.53. The molecular weight excluding hydrogens is 725 g/mol. The highest BCUT2D eigenvalue weighted by atomic mass is 28.3. The van der Waals surface area contributed by atoms with E-state index in [1.54, 1.807) is 0 Å². The van der Waals surface area contributed by atoms with Gasteiger partial charge in [-0.15, -0.1) is 0 Å². The zero-order chi connectivity index (χ0) is 38.5. The number of rotatable bonds is 7. The molecule has 58 heavy (non-hydrogen) atoms. The van der Waals surface area contributed by atoms with Gasteiger partial charge in [0.25, 0.3) is 0 Å². The number of nitrogens with zero attached hydrogens (tertiary/aromatic N) is 4. The van der Waals surface area contributed by atoms with Gasteiger partial charge in [-0.05, 0) is 93.5 Å². The van der Waals surface area contributed by atoms with Gasteiger partial charge in [0.2, 0.25) is 0 Å². The number of fused-ring (bicyclic) bond motifs is 5. The zero-order valence-corrected chi connectivity index (χ0v) is 32.5. The third-order valence-electron chi connectivity index (χ3n) is 11.4. The lowest BCUT2D eigenvalue weighted by molar-refractivity contribution is 0.483. The maximum Gasteiger partial charge on any atom is 0.186 e. The van der Waals surface area contributed by atoms with E-state index < -0.39 is 8.07 Å². The molecule has 0 saturated heterocycles. The minimum Gasteiger partial charge on any atom is -0.457 e. The van der Waals surface area contributed by atoms with Crippen LogP contribution in [0, 0.1) is 0 Å². The molecule has 0 saturated carbocycles. The molecule has 0 N–H and O–H groups in total. The third-order valence-corrected chi connectivity index (χ3v) is 16.2. The molecule has 4 heterocycles. The van der Waals surface area contributed by atoms with Crippen molar-refractivity contribution in [1.29, 1.82) is 0 Å². The van der Waals surface area contributed by atoms with Gasteiger partial charge in [-0.2, -0.15) is 0 Å². The van der Waals surface area contributed by atoms with Crippen molar-refractivity contribution in [2.75, 3.05) is 4.90 Å². The summed E-state index contributed by atoms with van der Waals surface area (Å²) in [5.74, 6) is 2.40. The van der Waals surface area contributed by atoms with E-state index in [2.05, 4.69) is 178 Å². The normalized spacial score (nSPS) is 12.9. The molecule has 0 atom stereocenters. The first-order valence-corrected chi connectivity index (χ1v) is 21.6. The largest absolute Gasteiger partial charge is 0.457 e. The minimum atomic E-state index is -3.01. The summed E-state index contributed by atoms with van der Waals surface area (Å²) >= 11 is 0. The standard InChI is InChI=1S/C52H36N4OSi/c1-4-18-38(19-5-1)55-47-29-11-10-27-44(47)45-35-49-51(36-48(45)55)58(42-23-6-2-7-24-42,43-25-8-3-9-26-43)50-30-16-32-54-52(50)56(49)39-20-15-22-41(34-39)57-40-21-14-17-37(33-40)46-28-12-13-31-53-46/h1-36H. The molecule has 0 spiro atoms. The van der Waals surface area contributed by atoms with Crippen LogP contribution in [0.15, 0.2) is 219 Å². The number of pyridine rings is 2. The fraction of sp³-hybridized carbons (Fsp3) is 0. The summed E-state index contributed by atoms with van der Waals surface area (Å²) in [4.78, 5) is 12.2. The smallest absolute Gasteiger partial charge is 0.186 e. The Kier molecular flexibility index (Phi) is 8.08. The molecule has 7 aromatic carbocycles. The van der Waals surface area contributed by atoms with Gasteiger partial charge < -0.3 is 9.30 Å². The van der Waals surface area contributed by atoms with E-state index >= 15 is 0 Å². The van der Waals surface area contributed by atoms with Crippen molar-refractivity contribution in [3.05, 3.63) is 219 Å². The van der Waals surface area contributed by atoms with Crippen LogP contribution in [0.4, 0.5) is 17.2 Å². The fourth-order valence-electron chi connectivity index (χ4n) is 8.97. The second-order valence-electron chi connectivity index (χ2n) is 14.6. The molecule has 0 amide bonds. The number of aromatic nitrogens is 3. The Balaban J connectivity index is 1.19. The summed E-state index contributed by atoms with van der Waals surface area (Å²) in [6.45, 7) is 0. The first kappa shape index (κ1) is 33.8. The molecule has 5 nitrogen and oxygen atoms in total. The number of para-hydroxylation sites is 2. The van der Waals surface area contributed by atoms with Crippen LogP contribution in [0.2, 0.25) is 0 Å². The van der Waals surface area contributed by atoms with Crippen LogP contribution in [0.1, 0.15) is 0 Å². The Morgan fingerprint density at radius 2 is 1.09 bits per heavy atom. The van der Waals surface area contributed by atoms with Crippen molar-refractivity contribution in [3.63, 3.8) is 0 Å². The quantitative estimate of drug-likeness (QED) is 0.152. The van der Waals surface area contributed by atoms with Crippen LogP contribution in [-0.2, 0) is 0 Å². The lowest BCUT2D eigenvalue weighted by atomic mass is 10.1. The zero-order valence-electron chi connectivity index (χ0n) is 31.5. The highest BCUT2D eigenvalue weighted by molar-refractivity contribution is 7.21. The molecule has 0 aliphatic carbocycles. The Hall–Kier alpha value is -7.54. The van der Waals surface area contributed by atoms with Gasteiger partial charge in [-0.1, -0.05) is 127 Å². The lowest BCUT2D eigenvalue weighted by Gasteiger charge is -2.44. The van der Waals surface area contributed by atoms with E-state index in [1.807, 2.05) is 54.9 Å². The molecule has 6 heteroatoms. The molecule has 0 unspecified atom stereocenters. The molecule has 0 radical (unpaired) electrons. The number of benzene rings is 7. The van der Waals surface area contributed by atoms with Crippen LogP contribution in [0.25, 0.3) is 38.8 Å². The highest BCUT2D eigenvalue weighted by Gasteiger charge is 2.50. The predicted octanol–water partition coefficient (Wildman–Crippen LogP) is 10.2. The molecule has 274 valence electrons. The van der Waals surface area contributed by atoms with E-state index in [0.29, 0.717) is 0 Å². The summed E-state index contributed by atoms with van der Waals surface area (Å²) in [6, 6.07) is 73.5. The fourth-order valence-corrected chi connectivity index (χ4v) is 14.0. The van der Waals surface area contributed by atoms with Gasteiger partial charge in [0, 0.05) is 46.2 Å². The average molecular weight is 761 g/mol. The third kappa shape index (κ3) is 5.38. The van der Waals surface area contributed by atoms with E-state index in [9.17, 15) is 0 Å². The summed E-state index contributed by atoms with van der Waals surface area (Å²) < 4.78 is 9.07. The molecule has 1 aliphatic heterocycles. The van der Waals surface area contributed by atoms with Gasteiger partial charge in [-0.25, -0.2) is 4.98 Å². The highest BCUT2D eigenvalue weighted by Crippen LogP contribution is 2.42. The van der Waals surface area contributed by atoms with Crippen LogP contribution < -0.4 is 30.4 Å². The molecule has 0 fully saturated rings. The molecule has 0 bridgehead atoms. The average Bonchev–Trinajstić information content (AvgIpc) is 3.62. The van der Waals surface area contributed by atoms with E-state index in [-0.39, 0.29) is 0 Å². The van der Waals surface area contributed by atoms with Gasteiger partial charge >= 0.3 is 0 Å². The van der Waals surface area contributed by atoms with E-state index in [0.717, 1.165) is 45.6 Å². The maximum absolute atomic E-state index is 6.64. The van der Waals surface area contributed by atoms with Crippen molar-refractivity contribution in [3.8, 4) is 28.4 Å². The predicted molar refractivity (Wildman–Crippen MR) is 240 cm³/mol. The van der Waals surface area contributed by atoms with Gasteiger partial charge in [0.1, 0.15) is 17.3 Å². The minimum absolute atomic E-state index is 0.733. The van der Waals surface area contributed by atoms with E-state index in [1.165, 1.54) is 42.6 Å². The maximum atomic E-state index is 6.64. The number of hydrogen-bond donors (Lipinski definition) is 0. The Labute approximate surface area is 337 Å². The first-order chi connectivity index (χ1) is 28.8. The second-order valence-corrected chi connectivity index (χ2v) is 18.3. The van der Waals surface area contributed by atoms with Crippen molar-refractivity contribution >= 4 is 67.8 Å². The Morgan fingerprint density at radius 3 is 1.84 bits per heavy atom.